The summed E-state index contributed by atoms with van der Waals surface area (Å²) in [6.45, 7) is 3.65. The summed E-state index contributed by atoms with van der Waals surface area (Å²) in [5.41, 5.74) is 3.13. The number of rotatable bonds is 5. The van der Waals surface area contributed by atoms with Gasteiger partial charge in [-0.1, -0.05) is 30.3 Å². The van der Waals surface area contributed by atoms with Gasteiger partial charge in [-0.2, -0.15) is 13.2 Å². The Kier molecular flexibility index (Phi) is 6.41. The second-order valence-electron chi connectivity index (χ2n) is 8.85. The number of hydrogen-bond acceptors (Lipinski definition) is 3. The summed E-state index contributed by atoms with van der Waals surface area (Å²) in [4.78, 5) is 6.54. The molecule has 0 spiro atoms. The molecule has 2 aromatic heterocycles. The topological polar surface area (TPSA) is 42.3 Å². The maximum absolute atomic E-state index is 13.9. The molecule has 1 aliphatic heterocycles. The lowest BCUT2D eigenvalue weighted by molar-refractivity contribution is -0.137. The second kappa shape index (κ2) is 9.55. The predicted octanol–water partition coefficient (Wildman–Crippen LogP) is 6.69. The number of aromatic nitrogens is 2. The van der Waals surface area contributed by atoms with E-state index in [1.165, 1.54) is 12.1 Å². The minimum atomic E-state index is -4.49. The van der Waals surface area contributed by atoms with Gasteiger partial charge in [0.05, 0.1) is 41.8 Å². The number of methoxy groups -OCH3 is 1. The summed E-state index contributed by atoms with van der Waals surface area (Å²) in [5.74, 6) is 0.634. The summed E-state index contributed by atoms with van der Waals surface area (Å²) < 4.78 is 49.1. The van der Waals surface area contributed by atoms with Gasteiger partial charge in [0.15, 0.2) is 5.11 Å². The number of hydrogen-bond donors (Lipinski definition) is 1. The molecule has 9 heteroatoms. The van der Waals surface area contributed by atoms with E-state index in [1.54, 1.807) is 23.9 Å². The fourth-order valence-electron chi connectivity index (χ4n) is 5.13. The highest BCUT2D eigenvalue weighted by Gasteiger charge is 2.43. The number of alkyl halides is 3. The molecule has 5 nitrogen and oxygen atoms in total. The minimum Gasteiger partial charge on any atom is -0.495 e. The molecule has 2 aromatic carbocycles. The van der Waals surface area contributed by atoms with Crippen molar-refractivity contribution in [1.82, 2.24) is 14.9 Å². The average Bonchev–Trinajstić information content (AvgIpc) is 3.38. The molecule has 0 bridgehead atoms. The van der Waals surface area contributed by atoms with Gasteiger partial charge >= 0.3 is 6.18 Å². The van der Waals surface area contributed by atoms with Crippen LogP contribution in [0.2, 0.25) is 0 Å². The van der Waals surface area contributed by atoms with E-state index in [1.807, 2.05) is 67.3 Å². The Morgan fingerprint density at radius 3 is 2.30 bits per heavy atom. The van der Waals surface area contributed by atoms with Crippen molar-refractivity contribution in [1.29, 1.82) is 0 Å². The first-order valence-corrected chi connectivity index (χ1v) is 12.1. The Labute approximate surface area is 218 Å². The third-order valence-corrected chi connectivity index (χ3v) is 7.00. The highest BCUT2D eigenvalue weighted by Crippen LogP contribution is 2.46. The lowest BCUT2D eigenvalue weighted by atomic mass is 9.96. The number of nitrogens with one attached hydrogen (secondary N) is 1. The number of nitrogens with zero attached hydrogens (tertiary/aromatic N) is 3. The van der Waals surface area contributed by atoms with E-state index in [2.05, 4.69) is 10.3 Å². The van der Waals surface area contributed by atoms with E-state index in [9.17, 15) is 13.2 Å². The third kappa shape index (κ3) is 4.33. The van der Waals surface area contributed by atoms with Crippen molar-refractivity contribution in [3.05, 3.63) is 107 Å². The van der Waals surface area contributed by atoms with Crippen molar-refractivity contribution in [3.8, 4) is 11.4 Å². The average molecular weight is 523 g/mol. The van der Waals surface area contributed by atoms with E-state index in [4.69, 9.17) is 17.0 Å². The van der Waals surface area contributed by atoms with Crippen LogP contribution in [0.3, 0.4) is 0 Å². The normalized spacial score (nSPS) is 17.7. The quantitative estimate of drug-likeness (QED) is 0.296. The fraction of sp³-hybridized carbons (Fsp3) is 0.214. The van der Waals surface area contributed by atoms with E-state index < -0.39 is 17.8 Å². The second-order valence-corrected chi connectivity index (χ2v) is 9.23. The van der Waals surface area contributed by atoms with Crippen molar-refractivity contribution in [2.75, 3.05) is 12.0 Å². The first kappa shape index (κ1) is 24.8. The Bertz CT molecular complexity index is 1450. The summed E-state index contributed by atoms with van der Waals surface area (Å²) in [7, 11) is 1.59. The van der Waals surface area contributed by atoms with Crippen LogP contribution in [0.5, 0.6) is 5.75 Å². The van der Waals surface area contributed by atoms with E-state index in [-0.39, 0.29) is 11.7 Å². The van der Waals surface area contributed by atoms with Gasteiger partial charge in [-0.15, -0.1) is 0 Å². The van der Waals surface area contributed by atoms with Crippen LogP contribution in [0.4, 0.5) is 18.9 Å². The maximum Gasteiger partial charge on any atom is 0.418 e. The molecule has 0 aliphatic carbocycles. The van der Waals surface area contributed by atoms with Crippen LogP contribution >= 0.6 is 12.2 Å². The standard InChI is InChI=1S/C28H25F3N4OS/c1-17-16-19(18(2)34(17)22-12-5-4-10-20(22)28(29,30)31)26-25(21-11-8-9-15-32-21)33-27(37)35(26)23-13-6-7-14-24(23)36-3/h4-16,25-26H,1-3H3,(H,33,37)/t25-,26+/m1/s1. The summed E-state index contributed by atoms with van der Waals surface area (Å²) in [5, 5.41) is 3.88. The van der Waals surface area contributed by atoms with Gasteiger partial charge in [0, 0.05) is 17.6 Å². The number of thiocarbonyl (C=S) groups is 1. The summed E-state index contributed by atoms with van der Waals surface area (Å²) >= 11 is 5.81. The Balaban J connectivity index is 1.73. The van der Waals surface area contributed by atoms with Crippen molar-refractivity contribution in [2.24, 2.45) is 0 Å². The Morgan fingerprint density at radius 2 is 1.62 bits per heavy atom. The van der Waals surface area contributed by atoms with Crippen LogP contribution in [-0.4, -0.2) is 21.8 Å². The molecule has 1 N–H and O–H groups in total. The largest absolute Gasteiger partial charge is 0.495 e. The van der Waals surface area contributed by atoms with Gasteiger partial charge in [-0.25, -0.2) is 0 Å². The minimum absolute atomic E-state index is 0.0861. The predicted molar refractivity (Wildman–Crippen MR) is 141 cm³/mol. The number of aryl methyl sites for hydroxylation is 1. The van der Waals surface area contributed by atoms with Crippen LogP contribution in [0.15, 0.2) is 79.0 Å². The summed E-state index contributed by atoms with van der Waals surface area (Å²) in [6, 6.07) is 20.0. The van der Waals surface area contributed by atoms with Gasteiger partial charge in [0.25, 0.3) is 0 Å². The van der Waals surface area contributed by atoms with Crippen LogP contribution in [0.25, 0.3) is 5.69 Å². The number of halogens is 3. The van der Waals surface area contributed by atoms with Gasteiger partial charge in [-0.05, 0) is 74.1 Å². The van der Waals surface area contributed by atoms with Crippen molar-refractivity contribution in [2.45, 2.75) is 32.1 Å². The number of pyridine rings is 1. The molecule has 2 atom stereocenters. The molecule has 1 fully saturated rings. The number of ether oxygens (including phenoxy) is 1. The van der Waals surface area contributed by atoms with Crippen LogP contribution < -0.4 is 15.0 Å². The zero-order valence-electron chi connectivity index (χ0n) is 20.5. The smallest absolute Gasteiger partial charge is 0.418 e. The van der Waals surface area contributed by atoms with Gasteiger partial charge in [-0.3, -0.25) is 4.98 Å². The van der Waals surface area contributed by atoms with E-state index in [0.29, 0.717) is 22.2 Å². The lowest BCUT2D eigenvalue weighted by Gasteiger charge is -2.29. The first-order chi connectivity index (χ1) is 17.7. The fourth-order valence-corrected chi connectivity index (χ4v) is 5.46. The first-order valence-electron chi connectivity index (χ1n) is 11.7. The summed E-state index contributed by atoms with van der Waals surface area (Å²) in [6.07, 6.45) is -2.78. The highest BCUT2D eigenvalue weighted by molar-refractivity contribution is 7.80. The molecule has 0 amide bonds. The molecular formula is C28H25F3N4OS. The molecule has 0 radical (unpaired) electrons. The molecule has 1 saturated heterocycles. The van der Waals surface area contributed by atoms with Crippen LogP contribution in [0.1, 0.15) is 40.3 Å². The van der Waals surface area contributed by atoms with Gasteiger partial charge in [0.2, 0.25) is 0 Å². The van der Waals surface area contributed by atoms with Gasteiger partial charge < -0.3 is 19.5 Å². The van der Waals surface area contributed by atoms with E-state index in [0.717, 1.165) is 23.0 Å². The molecule has 1 aliphatic rings. The highest BCUT2D eigenvalue weighted by atomic mass is 32.1. The van der Waals surface area contributed by atoms with Crippen molar-refractivity contribution in [3.63, 3.8) is 0 Å². The van der Waals surface area contributed by atoms with E-state index >= 15 is 0 Å². The number of benzene rings is 2. The maximum atomic E-state index is 13.9. The lowest BCUT2D eigenvalue weighted by Crippen LogP contribution is -2.30. The molecule has 3 heterocycles. The van der Waals surface area contributed by atoms with Crippen molar-refractivity contribution >= 4 is 23.0 Å². The van der Waals surface area contributed by atoms with Gasteiger partial charge in [0.1, 0.15) is 5.75 Å². The SMILES string of the molecule is COc1ccccc1N1C(=S)N[C@H](c2ccccn2)[C@@H]1c1cc(C)n(-c2ccccc2C(F)(F)F)c1C. The Morgan fingerprint density at radius 1 is 0.946 bits per heavy atom. The molecular weight excluding hydrogens is 497 g/mol. The zero-order valence-corrected chi connectivity index (χ0v) is 21.3. The Hall–Kier alpha value is -3.85. The molecule has 4 aromatic rings. The van der Waals surface area contributed by atoms with Crippen LogP contribution in [0, 0.1) is 13.8 Å². The van der Waals surface area contributed by atoms with Crippen LogP contribution in [-0.2, 0) is 6.18 Å². The number of anilines is 1. The molecule has 5 rings (SSSR count). The zero-order chi connectivity index (χ0) is 26.3. The third-order valence-electron chi connectivity index (χ3n) is 6.68. The van der Waals surface area contributed by atoms with Crippen molar-refractivity contribution < 1.29 is 17.9 Å². The number of para-hydroxylation sites is 3. The molecule has 0 saturated carbocycles. The molecule has 0 unspecified atom stereocenters. The monoisotopic (exact) mass is 522 g/mol. The molecule has 190 valence electrons. The molecule has 37 heavy (non-hydrogen) atoms.